The Morgan fingerprint density at radius 3 is 0.757 bits per heavy atom. The highest BCUT2D eigenvalue weighted by atomic mass is 33.7. The second kappa shape index (κ2) is 82.8. The van der Waals surface area contributed by atoms with Gasteiger partial charge in [-0.1, -0.05) is 183 Å². The molecule has 115 heavy (non-hydrogen) atoms. The molecule has 0 aromatic heterocycles. The molecule has 0 saturated heterocycles. The molecule has 0 aliphatic rings. The van der Waals surface area contributed by atoms with E-state index in [1.807, 2.05) is 299 Å². The first-order valence-electron chi connectivity index (χ1n) is 42.9. The Balaban J connectivity index is 8.28. The molecule has 0 heterocycles. The molecule has 0 aromatic rings. The second-order valence-corrected chi connectivity index (χ2v) is 71.4. The average Bonchev–Trinajstić information content (AvgIpc) is 0.821. The fraction of sp³-hybridized carbons (Fsp3) is 0.947. The first-order chi connectivity index (χ1) is 55.7. The lowest BCUT2D eigenvalue weighted by Crippen LogP contribution is -2.46. The molecule has 0 N–H and O–H groups in total. The molecule has 0 saturated carbocycles. The first-order valence-corrected chi connectivity index (χ1v) is 77.5. The zero-order valence-corrected chi connectivity index (χ0v) is 96.0. The summed E-state index contributed by atoms with van der Waals surface area (Å²) < 4.78 is 95.9. The summed E-state index contributed by atoms with van der Waals surface area (Å²) in [6.07, 6.45) is 22.0. The second-order valence-electron chi connectivity index (χ2n) is 27.4. The molecule has 0 spiro atoms. The summed E-state index contributed by atoms with van der Waals surface area (Å²) in [6.45, 7) is 56.6. The van der Waals surface area contributed by atoms with Gasteiger partial charge < -0.3 is 66.4 Å². The molecule has 0 radical (unpaired) electrons. The summed E-state index contributed by atoms with van der Waals surface area (Å²) in [5, 5.41) is 0.197. The van der Waals surface area contributed by atoms with E-state index in [1.165, 1.54) is 96.7 Å². The van der Waals surface area contributed by atoms with Gasteiger partial charge in [0.1, 0.15) is 0 Å². The molecule has 5 unspecified atom stereocenters. The predicted molar refractivity (Wildman–Crippen MR) is 561 cm³/mol. The minimum Gasteiger partial charge on any atom is -0.374 e. The molecule has 0 amide bonds. The van der Waals surface area contributed by atoms with Crippen LogP contribution in [0.15, 0.2) is 19.6 Å². The van der Waals surface area contributed by atoms with Crippen LogP contribution in [0.2, 0.25) is 30.2 Å². The zero-order chi connectivity index (χ0) is 85.4. The van der Waals surface area contributed by atoms with Crippen LogP contribution in [0.3, 0.4) is 0 Å². The Labute approximate surface area is 787 Å². The molecule has 0 rings (SSSR count). The lowest BCUT2D eigenvalue weighted by atomic mass is 9.90. The van der Waals surface area contributed by atoms with Crippen molar-refractivity contribution < 1.29 is 66.4 Å². The van der Waals surface area contributed by atoms with Crippen molar-refractivity contribution in [2.45, 2.75) is 303 Å². The highest BCUT2D eigenvalue weighted by Crippen LogP contribution is 2.63. The highest BCUT2D eigenvalue weighted by molar-refractivity contribution is 9.30. The monoisotopic (exact) mass is 2080 g/mol. The van der Waals surface area contributed by atoms with E-state index in [0.29, 0.717) is 111 Å². The van der Waals surface area contributed by atoms with Crippen LogP contribution in [0.25, 0.3) is 0 Å². The normalized spacial score (nSPS) is 14.3. The molecular weight excluding hydrogens is 1920 g/mol. The third-order valence-electron chi connectivity index (χ3n) is 17.5. The SMILES string of the molecule is CCO[Si](CCCSSSSC(SSSSCCC[Si](OCC)(OCC)OCC)=C(C)C(SSSSCCC[Si](OCC)(OCC)OCC)=C(SSSSCCC[Si](OCC)(OCC)OCC)C(SSSSCCC[Si](OCC)(OCC)OCC)C(C)CCCC(C)CCCCC(C)CCCC(C)CCCC(C)C)(OCC)OCC. The lowest BCUT2D eigenvalue weighted by molar-refractivity contribution is 0.0704. The van der Waals surface area contributed by atoms with Crippen LogP contribution in [-0.2, 0) is 66.4 Å². The molecule has 0 bridgehead atoms. The van der Waals surface area contributed by atoms with E-state index in [1.54, 1.807) is 0 Å². The summed E-state index contributed by atoms with van der Waals surface area (Å²) in [5.41, 5.74) is 1.33. The van der Waals surface area contributed by atoms with Crippen LogP contribution in [0.4, 0.5) is 0 Å². The van der Waals surface area contributed by atoms with Gasteiger partial charge in [-0.15, -0.1) is 0 Å². The quantitative estimate of drug-likeness (QED) is 0.0247. The van der Waals surface area contributed by atoms with Crippen LogP contribution in [0, 0.1) is 29.6 Å². The van der Waals surface area contributed by atoms with Crippen molar-refractivity contribution in [1.82, 2.24) is 0 Å². The van der Waals surface area contributed by atoms with E-state index in [2.05, 4.69) is 59.3 Å². The van der Waals surface area contributed by atoms with Crippen molar-refractivity contribution >= 4 is 250 Å². The van der Waals surface area contributed by atoms with Gasteiger partial charge in [-0.3, -0.25) is 0 Å². The lowest BCUT2D eigenvalue weighted by Gasteiger charge is -2.28. The van der Waals surface area contributed by atoms with Gasteiger partial charge in [0.25, 0.3) is 0 Å². The highest BCUT2D eigenvalue weighted by Gasteiger charge is 2.44. The Morgan fingerprint density at radius 1 is 0.252 bits per heavy atom. The Bertz CT molecular complexity index is 2140. The predicted octanol–water partition coefficient (Wildman–Crippen LogP) is 32.7. The van der Waals surface area contributed by atoms with Crippen LogP contribution in [0.1, 0.15) is 268 Å². The van der Waals surface area contributed by atoms with Gasteiger partial charge in [0, 0.05) is 168 Å². The maximum absolute atomic E-state index is 6.33. The van der Waals surface area contributed by atoms with E-state index in [4.69, 9.17) is 66.4 Å². The number of hydrogen-bond acceptors (Lipinski definition) is 35. The largest absolute Gasteiger partial charge is 0.500 e. The van der Waals surface area contributed by atoms with Crippen molar-refractivity contribution in [2.75, 3.05) is 128 Å². The minimum atomic E-state index is -2.78. The van der Waals surface area contributed by atoms with Gasteiger partial charge in [-0.25, -0.2) is 0 Å². The number of unbranched alkanes of at least 4 members (excludes halogenated alkanes) is 1. The maximum atomic E-state index is 6.33. The van der Waals surface area contributed by atoms with E-state index in [9.17, 15) is 0 Å². The van der Waals surface area contributed by atoms with Gasteiger partial charge >= 0.3 is 44.0 Å². The molecule has 15 nitrogen and oxygen atoms in total. The third-order valence-corrected chi connectivity index (χ3v) is 67.2. The first kappa shape index (κ1) is 122. The molecule has 0 fully saturated rings. The van der Waals surface area contributed by atoms with Gasteiger partial charge in [0.15, 0.2) is 0 Å². The number of rotatable bonds is 90. The fourth-order valence-corrected chi connectivity index (χ4v) is 61.2. The van der Waals surface area contributed by atoms with Crippen molar-refractivity contribution in [1.29, 1.82) is 0 Å². The molecule has 40 heteroatoms. The summed E-state index contributed by atoms with van der Waals surface area (Å²) in [4.78, 5) is 2.81. The number of hydrogen-bond donors (Lipinski definition) is 0. The maximum Gasteiger partial charge on any atom is 0.500 e. The van der Waals surface area contributed by atoms with Crippen molar-refractivity contribution in [3.05, 3.63) is 19.6 Å². The van der Waals surface area contributed by atoms with E-state index >= 15 is 0 Å². The van der Waals surface area contributed by atoms with Gasteiger partial charge in [-0.2, -0.15) is 0 Å². The number of allylic oxidation sites excluding steroid dienone is 1. The Kier molecular flexibility index (Phi) is 87.9. The van der Waals surface area contributed by atoms with Crippen LogP contribution in [0.5, 0.6) is 0 Å². The zero-order valence-electron chi connectivity index (χ0n) is 74.7. The van der Waals surface area contributed by atoms with E-state index in [0.717, 1.165) is 115 Å². The van der Waals surface area contributed by atoms with E-state index < -0.39 is 44.0 Å². The molecule has 0 aliphatic heterocycles. The average molecular weight is 2080 g/mol. The van der Waals surface area contributed by atoms with Crippen LogP contribution >= 0.6 is 206 Å². The van der Waals surface area contributed by atoms with Crippen molar-refractivity contribution in [3.8, 4) is 0 Å². The summed E-state index contributed by atoms with van der Waals surface area (Å²) in [5.74, 6) is 8.37. The molecular formula is C75H158O15S20Si5. The standard InChI is InChI=1S/C75H158O15S20Si5/c1-23-76-111(77-24-2,78-25-3)61-43-56-91-101-106-96-72(70(21)55-42-54-68(19)50-39-38-49-67(18)52-41-53-69(20)51-40-48-66(16)17)74(98-108-103-93-58-45-63-113(82-29-7,83-30-8)84-31-9)73(97-107-102-92-57-44-62-112(79-26-4,80-27-5)81-28-6)71(22)75(99-109-104-94-59-46-64-114(85-32-10,86-33-11)87-34-12)100-110-105-95-60-47-65-115(88-35-13,89-36-14)90-37-15/h66-70,72H,23-65H2,1-22H3. The Hall–Kier alpha value is 6.96. The van der Waals surface area contributed by atoms with Crippen molar-refractivity contribution in [2.24, 2.45) is 29.6 Å². The van der Waals surface area contributed by atoms with Crippen LogP contribution < -0.4 is 0 Å². The topological polar surface area (TPSA) is 138 Å². The van der Waals surface area contributed by atoms with E-state index in [-0.39, 0.29) is 5.25 Å². The van der Waals surface area contributed by atoms with Crippen LogP contribution in [-0.4, -0.2) is 177 Å². The molecule has 0 aromatic carbocycles. The molecule has 688 valence electrons. The third kappa shape index (κ3) is 61.4. The van der Waals surface area contributed by atoms with Gasteiger partial charge in [0.2, 0.25) is 0 Å². The summed E-state index contributed by atoms with van der Waals surface area (Å²) in [6, 6.07) is 4.02. The van der Waals surface area contributed by atoms with Gasteiger partial charge in [-0.05, 0) is 326 Å². The van der Waals surface area contributed by atoms with Crippen molar-refractivity contribution in [3.63, 3.8) is 0 Å². The van der Waals surface area contributed by atoms with Gasteiger partial charge in [0.05, 0.1) is 9.49 Å². The summed E-state index contributed by atoms with van der Waals surface area (Å²) >= 11 is 0. The Morgan fingerprint density at radius 2 is 0.487 bits per heavy atom. The minimum absolute atomic E-state index is 0.197. The smallest absolute Gasteiger partial charge is 0.374 e. The fourth-order valence-electron chi connectivity index (χ4n) is 12.4. The molecule has 0 aliphatic carbocycles. The summed E-state index contributed by atoms with van der Waals surface area (Å²) in [7, 11) is 24.7. The molecule has 5 atom stereocenters.